The SMILES string of the molecule is COC(=O)N[C@H](C(=O)Cc1ccccc1CC[C@@H]1CNC[C@@H](CSc2cccc(Br)c2)O1)C(c1ccccc1)c1ccccc1. The number of alkyl carbamates (subject to hydrolysis) is 1. The van der Waals surface area contributed by atoms with Gasteiger partial charge in [-0.3, -0.25) is 4.79 Å². The molecule has 0 bridgehead atoms. The molecule has 1 heterocycles. The van der Waals surface area contributed by atoms with Gasteiger partial charge in [0, 0.05) is 40.5 Å². The highest BCUT2D eigenvalue weighted by Gasteiger charge is 2.33. The highest BCUT2D eigenvalue weighted by Crippen LogP contribution is 2.30. The van der Waals surface area contributed by atoms with Crippen molar-refractivity contribution in [2.45, 2.75) is 48.3 Å². The predicted octanol–water partition coefficient (Wildman–Crippen LogP) is 7.20. The van der Waals surface area contributed by atoms with Gasteiger partial charge >= 0.3 is 6.09 Å². The van der Waals surface area contributed by atoms with Crippen molar-refractivity contribution in [2.24, 2.45) is 0 Å². The molecule has 0 aromatic heterocycles. The van der Waals surface area contributed by atoms with Gasteiger partial charge in [0.1, 0.15) is 6.04 Å². The van der Waals surface area contributed by atoms with Crippen LogP contribution in [0.1, 0.15) is 34.6 Å². The van der Waals surface area contributed by atoms with E-state index in [-0.39, 0.29) is 30.3 Å². The molecule has 4 aromatic rings. The molecule has 0 radical (unpaired) electrons. The molecule has 1 fully saturated rings. The number of halogens is 1. The molecule has 6 nitrogen and oxygen atoms in total. The molecule has 0 saturated carbocycles. The fourth-order valence-electron chi connectivity index (χ4n) is 5.81. The molecule has 3 atom stereocenters. The number of hydrogen-bond donors (Lipinski definition) is 2. The topological polar surface area (TPSA) is 76.7 Å². The minimum absolute atomic E-state index is 0.0780. The summed E-state index contributed by atoms with van der Waals surface area (Å²) in [6, 6.07) is 35.3. The lowest BCUT2D eigenvalue weighted by Crippen LogP contribution is -2.46. The minimum Gasteiger partial charge on any atom is -0.453 e. The number of ether oxygens (including phenoxy) is 2. The van der Waals surface area contributed by atoms with Crippen LogP contribution in [0.4, 0.5) is 4.79 Å². The first-order valence-electron chi connectivity index (χ1n) is 15.3. The molecule has 1 aliphatic heterocycles. The number of morpholine rings is 1. The minimum atomic E-state index is -0.815. The fraction of sp³-hybridized carbons (Fsp3) is 0.297. The smallest absolute Gasteiger partial charge is 0.407 e. The van der Waals surface area contributed by atoms with Crippen LogP contribution in [0.15, 0.2) is 119 Å². The molecule has 0 unspecified atom stereocenters. The van der Waals surface area contributed by atoms with E-state index in [0.717, 1.165) is 58.4 Å². The molecule has 4 aromatic carbocycles. The van der Waals surface area contributed by atoms with Crippen LogP contribution in [0, 0.1) is 0 Å². The van der Waals surface area contributed by atoms with E-state index in [1.54, 1.807) is 11.8 Å². The van der Waals surface area contributed by atoms with Crippen molar-refractivity contribution in [3.63, 3.8) is 0 Å². The quantitative estimate of drug-likeness (QED) is 0.145. The molecule has 5 rings (SSSR count). The van der Waals surface area contributed by atoms with E-state index in [2.05, 4.69) is 50.8 Å². The van der Waals surface area contributed by atoms with E-state index in [4.69, 9.17) is 9.47 Å². The lowest BCUT2D eigenvalue weighted by Gasteiger charge is -2.31. The van der Waals surface area contributed by atoms with Crippen LogP contribution in [0.3, 0.4) is 0 Å². The Labute approximate surface area is 278 Å². The maximum atomic E-state index is 14.2. The van der Waals surface area contributed by atoms with Crippen LogP contribution in [0.2, 0.25) is 0 Å². The third-order valence-corrected chi connectivity index (χ3v) is 9.65. The lowest BCUT2D eigenvalue weighted by molar-refractivity contribution is -0.120. The summed E-state index contributed by atoms with van der Waals surface area (Å²) in [5, 5.41) is 6.42. The number of carbonyl (C=O) groups is 2. The molecule has 1 aliphatic rings. The summed E-state index contributed by atoms with van der Waals surface area (Å²) in [5.74, 6) is 0.425. The van der Waals surface area contributed by atoms with Crippen LogP contribution < -0.4 is 10.6 Å². The second-order valence-electron chi connectivity index (χ2n) is 11.2. The number of aryl methyl sites for hydroxylation is 1. The van der Waals surface area contributed by atoms with Gasteiger partial charge in [-0.25, -0.2) is 4.79 Å². The van der Waals surface area contributed by atoms with E-state index in [1.807, 2.05) is 84.9 Å². The number of hydrogen-bond acceptors (Lipinski definition) is 6. The summed E-state index contributed by atoms with van der Waals surface area (Å²) >= 11 is 5.35. The van der Waals surface area contributed by atoms with Crippen molar-refractivity contribution in [3.8, 4) is 0 Å². The zero-order chi connectivity index (χ0) is 31.4. The Morgan fingerprint density at radius 3 is 2.20 bits per heavy atom. The van der Waals surface area contributed by atoms with E-state index in [9.17, 15) is 9.59 Å². The van der Waals surface area contributed by atoms with Gasteiger partial charge in [-0.15, -0.1) is 11.8 Å². The second-order valence-corrected chi connectivity index (χ2v) is 13.2. The second kappa shape index (κ2) is 16.8. The summed E-state index contributed by atoms with van der Waals surface area (Å²) in [7, 11) is 1.32. The third kappa shape index (κ3) is 9.53. The van der Waals surface area contributed by atoms with Crippen LogP contribution >= 0.6 is 27.7 Å². The molecule has 45 heavy (non-hydrogen) atoms. The Morgan fingerprint density at radius 2 is 1.53 bits per heavy atom. The number of thioether (sulfide) groups is 1. The Kier molecular flexibility index (Phi) is 12.3. The number of ketones is 1. The number of Topliss-reactive ketones (excluding diaryl/α,β-unsaturated/α-hetero) is 1. The summed E-state index contributed by atoms with van der Waals surface area (Å²) in [6.07, 6.45) is 1.41. The summed E-state index contributed by atoms with van der Waals surface area (Å²) in [6.45, 7) is 1.64. The fourth-order valence-corrected chi connectivity index (χ4v) is 7.32. The molecule has 1 amide bonds. The Bertz CT molecular complexity index is 1500. The van der Waals surface area contributed by atoms with Gasteiger partial charge in [0.25, 0.3) is 0 Å². The number of methoxy groups -OCH3 is 1. The largest absolute Gasteiger partial charge is 0.453 e. The van der Waals surface area contributed by atoms with Crippen LogP contribution in [0.25, 0.3) is 0 Å². The van der Waals surface area contributed by atoms with Gasteiger partial charge in [0.2, 0.25) is 0 Å². The van der Waals surface area contributed by atoms with E-state index in [0.29, 0.717) is 0 Å². The van der Waals surface area contributed by atoms with Crippen molar-refractivity contribution in [2.75, 3.05) is 26.0 Å². The maximum Gasteiger partial charge on any atom is 0.407 e. The Morgan fingerprint density at radius 1 is 0.889 bits per heavy atom. The van der Waals surface area contributed by atoms with E-state index in [1.165, 1.54) is 12.0 Å². The molecular formula is C37H39BrN2O4S. The third-order valence-electron chi connectivity index (χ3n) is 8.04. The molecule has 0 spiro atoms. The van der Waals surface area contributed by atoms with Crippen LogP contribution in [0.5, 0.6) is 0 Å². The first-order chi connectivity index (χ1) is 22.0. The van der Waals surface area contributed by atoms with Crippen molar-refractivity contribution >= 4 is 39.6 Å². The molecule has 2 N–H and O–H groups in total. The van der Waals surface area contributed by atoms with Gasteiger partial charge in [-0.2, -0.15) is 0 Å². The first-order valence-corrected chi connectivity index (χ1v) is 17.1. The average molecular weight is 688 g/mol. The van der Waals surface area contributed by atoms with Gasteiger partial charge in [-0.1, -0.05) is 107 Å². The Balaban J connectivity index is 1.27. The predicted molar refractivity (Wildman–Crippen MR) is 184 cm³/mol. The highest BCUT2D eigenvalue weighted by atomic mass is 79.9. The molecular weight excluding hydrogens is 648 g/mol. The maximum absolute atomic E-state index is 14.2. The van der Waals surface area contributed by atoms with Gasteiger partial charge < -0.3 is 20.1 Å². The first kappa shape index (κ1) is 32.9. The van der Waals surface area contributed by atoms with Crippen molar-refractivity contribution < 1.29 is 19.1 Å². The van der Waals surface area contributed by atoms with Gasteiger partial charge in [0.15, 0.2) is 5.78 Å². The number of nitrogens with one attached hydrogen (secondary N) is 2. The molecule has 0 aliphatic carbocycles. The van der Waals surface area contributed by atoms with E-state index >= 15 is 0 Å². The lowest BCUT2D eigenvalue weighted by atomic mass is 9.81. The number of amides is 1. The number of carbonyl (C=O) groups excluding carboxylic acids is 2. The van der Waals surface area contributed by atoms with Gasteiger partial charge in [0.05, 0.1) is 19.3 Å². The van der Waals surface area contributed by atoms with E-state index < -0.39 is 12.1 Å². The van der Waals surface area contributed by atoms with Crippen molar-refractivity contribution in [1.29, 1.82) is 0 Å². The zero-order valence-electron chi connectivity index (χ0n) is 25.4. The summed E-state index contributed by atoms with van der Waals surface area (Å²) < 4.78 is 12.5. The van der Waals surface area contributed by atoms with Crippen LogP contribution in [-0.4, -0.2) is 56.1 Å². The van der Waals surface area contributed by atoms with Crippen LogP contribution in [-0.2, 0) is 27.1 Å². The monoisotopic (exact) mass is 686 g/mol. The number of benzene rings is 4. The zero-order valence-corrected chi connectivity index (χ0v) is 27.8. The van der Waals surface area contributed by atoms with Gasteiger partial charge in [-0.05, 0) is 53.3 Å². The molecule has 8 heteroatoms. The normalized spacial score (nSPS) is 17.0. The Hall–Kier alpha value is -3.43. The van der Waals surface area contributed by atoms with Crippen molar-refractivity contribution in [1.82, 2.24) is 10.6 Å². The summed E-state index contributed by atoms with van der Waals surface area (Å²) in [4.78, 5) is 27.9. The van der Waals surface area contributed by atoms with Crippen molar-refractivity contribution in [3.05, 3.63) is 136 Å². The number of rotatable bonds is 13. The average Bonchev–Trinajstić information content (AvgIpc) is 3.08. The summed E-state index contributed by atoms with van der Waals surface area (Å²) in [5.41, 5.74) is 3.97. The standard InChI is InChI=1S/C37H39BrN2O4S/c1-43-37(42)40-36(35(27-12-4-2-5-13-27)28-14-6-3-7-15-28)34(41)21-29-16-9-8-11-26(29)19-20-31-23-39-24-32(44-31)25-45-33-18-10-17-30(38)22-33/h2-18,22,31-32,35-36,39H,19-21,23-25H2,1H3,(H,40,42)/t31-,32+,36-/m1/s1. The highest BCUT2D eigenvalue weighted by molar-refractivity contribution is 9.10. The molecule has 234 valence electrons. The molecule has 1 saturated heterocycles.